The molecule has 38 heavy (non-hydrogen) atoms. The molecule has 6 saturated heterocycles. The zero-order valence-electron chi connectivity index (χ0n) is 22.2. The number of rotatable bonds is 4. The van der Waals surface area contributed by atoms with Gasteiger partial charge in [0.25, 0.3) is 0 Å². The summed E-state index contributed by atoms with van der Waals surface area (Å²) in [6.07, 6.45) is 1.44. The molecule has 214 valence electrons. The topological polar surface area (TPSA) is 118 Å². The van der Waals surface area contributed by atoms with Crippen LogP contribution in [0.3, 0.4) is 0 Å². The Morgan fingerprint density at radius 2 is 1.76 bits per heavy atom. The summed E-state index contributed by atoms with van der Waals surface area (Å²) in [5, 5.41) is 11.3. The average molecular weight is 539 g/mol. The molecule has 9 unspecified atom stereocenters. The molecule has 9 atom stereocenters. The number of halogens is 2. The number of nitrogens with one attached hydrogen (secondary N) is 4. The zero-order valence-corrected chi connectivity index (χ0v) is 22.2. The van der Waals surface area contributed by atoms with Gasteiger partial charge in [-0.15, -0.1) is 0 Å². The van der Waals surface area contributed by atoms with Gasteiger partial charge in [0, 0.05) is 63.8 Å². The Bertz CT molecular complexity index is 876. The minimum absolute atomic E-state index is 0.00376. The minimum Gasteiger partial charge on any atom is -0.351 e. The minimum atomic E-state index is -1.06. The van der Waals surface area contributed by atoms with Gasteiger partial charge in [0.2, 0.25) is 11.8 Å². The first-order valence-electron chi connectivity index (χ1n) is 14.7. The molecule has 6 aliphatic heterocycles. The third-order valence-corrected chi connectivity index (χ3v) is 10.1. The average Bonchev–Trinajstić information content (AvgIpc) is 3.03. The molecule has 1 aliphatic carbocycles. The zero-order chi connectivity index (χ0) is 26.4. The van der Waals surface area contributed by atoms with Crippen LogP contribution in [-0.4, -0.2) is 116 Å². The quantitative estimate of drug-likeness (QED) is 0.314. The third kappa shape index (κ3) is 5.19. The highest BCUT2D eigenvalue weighted by Crippen LogP contribution is 2.40. The number of nitrogens with zero attached hydrogens (tertiary/aromatic N) is 3. The maximum atomic E-state index is 15.8. The molecule has 2 bridgehead atoms. The van der Waals surface area contributed by atoms with Crippen molar-refractivity contribution in [1.82, 2.24) is 36.2 Å². The number of amides is 2. The van der Waals surface area contributed by atoms with Crippen LogP contribution in [0.25, 0.3) is 0 Å². The van der Waals surface area contributed by atoms with Crippen LogP contribution in [0.4, 0.5) is 8.78 Å². The van der Waals surface area contributed by atoms with E-state index < -0.39 is 24.4 Å². The first-order valence-corrected chi connectivity index (χ1v) is 14.7. The largest absolute Gasteiger partial charge is 0.351 e. The maximum Gasteiger partial charge on any atom is 0.229 e. The molecular weight excluding hydrogens is 494 g/mol. The van der Waals surface area contributed by atoms with E-state index in [1.807, 2.05) is 0 Å². The van der Waals surface area contributed by atoms with Gasteiger partial charge >= 0.3 is 0 Å². The van der Waals surface area contributed by atoms with Crippen LogP contribution in [0, 0.1) is 23.7 Å². The molecule has 0 aromatic rings. The predicted octanol–water partition coefficient (Wildman–Crippen LogP) is -0.870. The number of hydrazine groups is 1. The molecule has 0 aromatic carbocycles. The summed E-state index contributed by atoms with van der Waals surface area (Å²) < 4.78 is 29.6. The fourth-order valence-electron chi connectivity index (χ4n) is 8.06. The van der Waals surface area contributed by atoms with Gasteiger partial charge < -0.3 is 26.2 Å². The summed E-state index contributed by atoms with van der Waals surface area (Å²) in [6.45, 7) is 5.55. The van der Waals surface area contributed by atoms with Crippen LogP contribution in [0.2, 0.25) is 0 Å². The lowest BCUT2D eigenvalue weighted by molar-refractivity contribution is -0.140. The van der Waals surface area contributed by atoms with Gasteiger partial charge in [-0.3, -0.25) is 14.9 Å². The Morgan fingerprint density at radius 3 is 2.55 bits per heavy atom. The second kappa shape index (κ2) is 11.2. The number of fused-ring (bicyclic) bond motifs is 5. The van der Waals surface area contributed by atoms with Crippen molar-refractivity contribution in [1.29, 1.82) is 0 Å². The van der Waals surface area contributed by atoms with Crippen LogP contribution in [0.15, 0.2) is 0 Å². The van der Waals surface area contributed by atoms with Gasteiger partial charge in [-0.25, -0.2) is 19.2 Å². The predicted molar refractivity (Wildman–Crippen MR) is 138 cm³/mol. The molecule has 12 heteroatoms. The number of hydrogen-bond acceptors (Lipinski definition) is 8. The Hall–Kier alpha value is -1.44. The molecule has 10 nitrogen and oxygen atoms in total. The monoisotopic (exact) mass is 538 g/mol. The highest BCUT2D eigenvalue weighted by Gasteiger charge is 2.49. The van der Waals surface area contributed by atoms with E-state index in [9.17, 15) is 14.0 Å². The first-order chi connectivity index (χ1) is 18.4. The number of hydrogen-bond donors (Lipinski definition) is 5. The van der Waals surface area contributed by atoms with E-state index in [2.05, 4.69) is 31.2 Å². The van der Waals surface area contributed by atoms with E-state index >= 15 is 4.39 Å². The van der Waals surface area contributed by atoms with Gasteiger partial charge in [-0.2, -0.15) is 0 Å². The molecule has 0 radical (unpaired) electrons. The lowest BCUT2D eigenvalue weighted by atomic mass is 9.70. The Morgan fingerprint density at radius 1 is 0.947 bits per heavy atom. The fourth-order valence-corrected chi connectivity index (χ4v) is 8.06. The highest BCUT2D eigenvalue weighted by atomic mass is 19.1. The van der Waals surface area contributed by atoms with E-state index in [1.165, 1.54) is 0 Å². The number of nitrogens with two attached hydrogens (primary N) is 1. The Kier molecular flexibility index (Phi) is 7.89. The van der Waals surface area contributed by atoms with Gasteiger partial charge in [0.15, 0.2) is 0 Å². The van der Waals surface area contributed by atoms with Gasteiger partial charge in [0.1, 0.15) is 12.3 Å². The SMILES string of the molecule is NC1NN2CC(F)CNC2C1C(=O)NC1CNCCC1C1CCC(C(=O)N2CCN3CCC2CC3)CC1F. The van der Waals surface area contributed by atoms with Crippen LogP contribution in [0.5, 0.6) is 0 Å². The van der Waals surface area contributed by atoms with Crippen molar-refractivity contribution < 1.29 is 18.4 Å². The molecule has 6 heterocycles. The third-order valence-electron chi connectivity index (χ3n) is 10.1. The van der Waals surface area contributed by atoms with Crippen molar-refractivity contribution in [2.75, 3.05) is 52.4 Å². The number of piperidine rings is 2. The lowest BCUT2D eigenvalue weighted by Gasteiger charge is -2.43. The van der Waals surface area contributed by atoms with E-state index in [-0.39, 0.29) is 61.3 Å². The molecule has 0 aromatic heterocycles. The second-order valence-corrected chi connectivity index (χ2v) is 12.3. The van der Waals surface area contributed by atoms with Gasteiger partial charge in [-0.05, 0) is 56.9 Å². The van der Waals surface area contributed by atoms with E-state index in [0.717, 1.165) is 52.0 Å². The summed E-state index contributed by atoms with van der Waals surface area (Å²) in [6, 6.07) is 0.100. The lowest BCUT2D eigenvalue weighted by Crippen LogP contribution is -2.61. The summed E-state index contributed by atoms with van der Waals surface area (Å²) >= 11 is 0. The molecular formula is C26H44F2N8O2. The smallest absolute Gasteiger partial charge is 0.229 e. The van der Waals surface area contributed by atoms with Gasteiger partial charge in [-0.1, -0.05) is 0 Å². The van der Waals surface area contributed by atoms with Gasteiger partial charge in [0.05, 0.1) is 18.2 Å². The highest BCUT2D eigenvalue weighted by molar-refractivity contribution is 5.81. The van der Waals surface area contributed by atoms with Crippen molar-refractivity contribution >= 4 is 11.8 Å². The Labute approximate surface area is 223 Å². The molecule has 7 aliphatic rings. The summed E-state index contributed by atoms with van der Waals surface area (Å²) in [7, 11) is 0. The molecule has 1 saturated carbocycles. The van der Waals surface area contributed by atoms with E-state index in [4.69, 9.17) is 5.73 Å². The first kappa shape index (κ1) is 26.8. The van der Waals surface area contributed by atoms with Crippen molar-refractivity contribution in [2.24, 2.45) is 29.4 Å². The molecule has 6 N–H and O–H groups in total. The normalized spacial score (nSPS) is 45.9. The van der Waals surface area contributed by atoms with Crippen LogP contribution < -0.4 is 27.1 Å². The second-order valence-electron chi connectivity index (χ2n) is 12.3. The fraction of sp³-hybridized carbons (Fsp3) is 0.923. The standard InChI is InChI=1S/C26H44F2N8O2/c27-16-12-31-24-22(23(29)33-36(24)14-16)25(37)32-21-13-30-6-3-19(21)18-2-1-15(11-20(18)28)26(38)35-10-9-34-7-4-17(35)5-8-34/h15-24,30-31,33H,1-14,29H2,(H,32,37). The van der Waals surface area contributed by atoms with E-state index in [0.29, 0.717) is 25.4 Å². The summed E-state index contributed by atoms with van der Waals surface area (Å²) in [5.74, 6) is -1.02. The maximum absolute atomic E-state index is 15.8. The number of alkyl halides is 2. The van der Waals surface area contributed by atoms with Crippen LogP contribution in [0.1, 0.15) is 38.5 Å². The summed E-state index contributed by atoms with van der Waals surface area (Å²) in [4.78, 5) is 31.4. The molecule has 7 rings (SSSR count). The van der Waals surface area contributed by atoms with Crippen molar-refractivity contribution in [3.63, 3.8) is 0 Å². The van der Waals surface area contributed by atoms with Crippen molar-refractivity contribution in [3.05, 3.63) is 0 Å². The summed E-state index contributed by atoms with van der Waals surface area (Å²) in [5.41, 5.74) is 9.26. The Balaban J connectivity index is 1.07. The van der Waals surface area contributed by atoms with Crippen LogP contribution >= 0.6 is 0 Å². The number of carbonyl (C=O) groups is 2. The molecule has 0 spiro atoms. The number of carbonyl (C=O) groups excluding carboxylic acids is 2. The van der Waals surface area contributed by atoms with Crippen molar-refractivity contribution in [3.8, 4) is 0 Å². The van der Waals surface area contributed by atoms with E-state index in [1.54, 1.807) is 5.01 Å². The van der Waals surface area contributed by atoms with Crippen molar-refractivity contribution in [2.45, 2.75) is 75.3 Å². The molecule has 2 amide bonds. The van der Waals surface area contributed by atoms with Crippen LogP contribution in [-0.2, 0) is 9.59 Å². The molecule has 7 fully saturated rings.